The van der Waals surface area contributed by atoms with Crippen LogP contribution in [0.1, 0.15) is 194 Å². The minimum Gasteiger partial charge on any atom is -0.462 e. The Morgan fingerprint density at radius 2 is 0.710 bits per heavy atom. The molecular formula is C56H88O6. The third-order valence-electron chi connectivity index (χ3n) is 9.91. The van der Waals surface area contributed by atoms with Gasteiger partial charge in [0.2, 0.25) is 0 Å². The van der Waals surface area contributed by atoms with E-state index in [0.29, 0.717) is 19.3 Å². The Bertz CT molecular complexity index is 1350. The van der Waals surface area contributed by atoms with E-state index in [2.05, 4.69) is 69.4 Å². The van der Waals surface area contributed by atoms with E-state index in [1.807, 2.05) is 72.9 Å². The summed E-state index contributed by atoms with van der Waals surface area (Å²) in [6, 6.07) is 0. The zero-order valence-corrected chi connectivity index (χ0v) is 39.6. The van der Waals surface area contributed by atoms with Crippen LogP contribution in [0.5, 0.6) is 0 Å². The molecule has 0 N–H and O–H groups in total. The van der Waals surface area contributed by atoms with E-state index in [1.165, 1.54) is 51.4 Å². The van der Waals surface area contributed by atoms with E-state index in [9.17, 15) is 14.4 Å². The number of carbonyl (C=O) groups is 3. The van der Waals surface area contributed by atoms with Crippen LogP contribution in [0.15, 0.2) is 122 Å². The van der Waals surface area contributed by atoms with Gasteiger partial charge in [0, 0.05) is 19.3 Å². The molecule has 0 bridgehead atoms. The summed E-state index contributed by atoms with van der Waals surface area (Å²) in [4.78, 5) is 37.9. The first-order chi connectivity index (χ1) is 30.5. The van der Waals surface area contributed by atoms with Crippen LogP contribution in [0.25, 0.3) is 0 Å². The Kier molecular flexibility index (Phi) is 46.1. The van der Waals surface area contributed by atoms with Gasteiger partial charge in [-0.2, -0.15) is 0 Å². The summed E-state index contributed by atoms with van der Waals surface area (Å²) >= 11 is 0. The molecule has 0 heterocycles. The molecule has 0 aliphatic heterocycles. The maximum Gasteiger partial charge on any atom is 0.306 e. The molecule has 0 amide bonds. The zero-order valence-electron chi connectivity index (χ0n) is 39.6. The minimum absolute atomic E-state index is 0.101. The summed E-state index contributed by atoms with van der Waals surface area (Å²) in [6.07, 6.45) is 67.5. The van der Waals surface area contributed by atoms with Crippen LogP contribution in [0.2, 0.25) is 0 Å². The van der Waals surface area contributed by atoms with Crippen LogP contribution in [-0.2, 0) is 28.6 Å². The molecule has 0 aromatic rings. The summed E-state index contributed by atoms with van der Waals surface area (Å²) in [5, 5.41) is 0. The second-order valence-electron chi connectivity index (χ2n) is 15.8. The van der Waals surface area contributed by atoms with Crippen LogP contribution >= 0.6 is 0 Å². The van der Waals surface area contributed by atoms with Gasteiger partial charge in [-0.3, -0.25) is 14.4 Å². The number of hydrogen-bond acceptors (Lipinski definition) is 6. The van der Waals surface area contributed by atoms with Crippen LogP contribution < -0.4 is 0 Å². The Labute approximate surface area is 380 Å². The third-order valence-corrected chi connectivity index (χ3v) is 9.91. The molecule has 1 atom stereocenters. The molecular weight excluding hydrogens is 769 g/mol. The van der Waals surface area contributed by atoms with Crippen molar-refractivity contribution in [2.24, 2.45) is 0 Å². The quantitative estimate of drug-likeness (QED) is 0.0200. The van der Waals surface area contributed by atoms with Gasteiger partial charge in [0.25, 0.3) is 0 Å². The van der Waals surface area contributed by atoms with Crippen molar-refractivity contribution in [3.8, 4) is 0 Å². The van der Waals surface area contributed by atoms with Gasteiger partial charge < -0.3 is 14.2 Å². The molecule has 0 radical (unpaired) electrons. The Morgan fingerprint density at radius 3 is 1.19 bits per heavy atom. The molecule has 0 fully saturated rings. The number of unbranched alkanes of at least 4 members (excludes halogenated alkanes) is 17. The molecule has 6 nitrogen and oxygen atoms in total. The Balaban J connectivity index is 4.49. The van der Waals surface area contributed by atoms with Crippen molar-refractivity contribution < 1.29 is 28.6 Å². The number of allylic oxidation sites excluding steroid dienone is 20. The van der Waals surface area contributed by atoms with Gasteiger partial charge in [0.1, 0.15) is 13.2 Å². The fourth-order valence-corrected chi connectivity index (χ4v) is 6.26. The lowest BCUT2D eigenvalue weighted by Crippen LogP contribution is -2.30. The lowest BCUT2D eigenvalue weighted by atomic mass is 10.1. The van der Waals surface area contributed by atoms with Gasteiger partial charge in [0.05, 0.1) is 0 Å². The molecule has 6 heteroatoms. The SMILES string of the molecule is CC\C=C/C=C\C=C/C=C\C=C\C=C/C=C\CCCCCC(=O)OCC(COC(=O)CCCCCCCCCCC)OC(=O)CCCCCCCC/C=C\C/C=C\C/C=C\CC. The lowest BCUT2D eigenvalue weighted by molar-refractivity contribution is -0.167. The largest absolute Gasteiger partial charge is 0.462 e. The molecule has 348 valence electrons. The van der Waals surface area contributed by atoms with Crippen LogP contribution in [0.3, 0.4) is 0 Å². The van der Waals surface area contributed by atoms with Crippen molar-refractivity contribution in [2.45, 2.75) is 200 Å². The number of rotatable bonds is 42. The standard InChI is InChI=1S/C56H88O6/c1-4-7-10-13-16-19-21-23-25-27-28-29-31-32-34-37-40-43-46-49-55(58)61-52-53(51-60-54(57)48-45-42-39-36-18-15-12-9-6-3)62-56(59)50-47-44-41-38-35-33-30-26-24-22-20-17-14-11-8-5-2/h7-8,10-11,13,16-17,19-21,23-29,31-32,34,53H,4-6,9,12,14-15,18,22,30,33,35-52H2,1-3H3/b10-7-,11-8-,16-13-,20-17-,21-19-,25-23-,26-24-,28-27+,31-29-,34-32-. The van der Waals surface area contributed by atoms with E-state index in [0.717, 1.165) is 103 Å². The zero-order chi connectivity index (χ0) is 45.1. The predicted octanol–water partition coefficient (Wildman–Crippen LogP) is 16.1. The normalized spacial score (nSPS) is 13.1. The Hall–Kier alpha value is -4.19. The van der Waals surface area contributed by atoms with Gasteiger partial charge in [-0.15, -0.1) is 0 Å². The van der Waals surface area contributed by atoms with Crippen molar-refractivity contribution >= 4 is 17.9 Å². The highest BCUT2D eigenvalue weighted by atomic mass is 16.6. The van der Waals surface area contributed by atoms with Crippen LogP contribution in [0.4, 0.5) is 0 Å². The maximum atomic E-state index is 12.8. The smallest absolute Gasteiger partial charge is 0.306 e. The van der Waals surface area contributed by atoms with Crippen molar-refractivity contribution in [2.75, 3.05) is 13.2 Å². The molecule has 0 rings (SSSR count). The van der Waals surface area contributed by atoms with Gasteiger partial charge in [-0.25, -0.2) is 0 Å². The summed E-state index contributed by atoms with van der Waals surface area (Å²) in [5.74, 6) is -0.973. The van der Waals surface area contributed by atoms with E-state index in [1.54, 1.807) is 0 Å². The number of hydrogen-bond donors (Lipinski definition) is 0. The molecule has 0 saturated carbocycles. The fourth-order valence-electron chi connectivity index (χ4n) is 6.26. The third kappa shape index (κ3) is 46.9. The molecule has 1 unspecified atom stereocenters. The van der Waals surface area contributed by atoms with E-state index >= 15 is 0 Å². The monoisotopic (exact) mass is 857 g/mol. The van der Waals surface area contributed by atoms with E-state index < -0.39 is 6.10 Å². The number of ether oxygens (including phenoxy) is 3. The summed E-state index contributed by atoms with van der Waals surface area (Å²) in [7, 11) is 0. The highest BCUT2D eigenvalue weighted by Gasteiger charge is 2.19. The summed E-state index contributed by atoms with van der Waals surface area (Å²) in [5.41, 5.74) is 0. The maximum absolute atomic E-state index is 12.8. The molecule has 0 spiro atoms. The lowest BCUT2D eigenvalue weighted by Gasteiger charge is -2.18. The van der Waals surface area contributed by atoms with Crippen molar-refractivity contribution in [1.29, 1.82) is 0 Å². The van der Waals surface area contributed by atoms with Gasteiger partial charge in [0.15, 0.2) is 6.10 Å². The molecule has 0 saturated heterocycles. The Morgan fingerprint density at radius 1 is 0.355 bits per heavy atom. The molecule has 0 aromatic heterocycles. The van der Waals surface area contributed by atoms with Gasteiger partial charge >= 0.3 is 17.9 Å². The predicted molar refractivity (Wildman–Crippen MR) is 265 cm³/mol. The van der Waals surface area contributed by atoms with Crippen LogP contribution in [0, 0.1) is 0 Å². The van der Waals surface area contributed by atoms with Crippen molar-refractivity contribution in [1.82, 2.24) is 0 Å². The van der Waals surface area contributed by atoms with E-state index in [-0.39, 0.29) is 31.1 Å². The molecule has 62 heavy (non-hydrogen) atoms. The molecule has 0 aliphatic carbocycles. The average molecular weight is 857 g/mol. The highest BCUT2D eigenvalue weighted by molar-refractivity contribution is 5.71. The first kappa shape index (κ1) is 57.8. The number of carbonyl (C=O) groups excluding carboxylic acids is 3. The van der Waals surface area contributed by atoms with Gasteiger partial charge in [-0.1, -0.05) is 226 Å². The second-order valence-corrected chi connectivity index (χ2v) is 15.8. The summed E-state index contributed by atoms with van der Waals surface area (Å²) < 4.78 is 16.7. The highest BCUT2D eigenvalue weighted by Crippen LogP contribution is 2.13. The first-order valence-electron chi connectivity index (χ1n) is 24.6. The second kappa shape index (κ2) is 49.5. The van der Waals surface area contributed by atoms with E-state index in [4.69, 9.17) is 14.2 Å². The molecule has 0 aliphatic rings. The molecule has 0 aromatic carbocycles. The van der Waals surface area contributed by atoms with Crippen molar-refractivity contribution in [3.63, 3.8) is 0 Å². The topological polar surface area (TPSA) is 78.9 Å². The average Bonchev–Trinajstić information content (AvgIpc) is 3.27. The minimum atomic E-state index is -0.804. The first-order valence-corrected chi connectivity index (χ1v) is 24.6. The number of esters is 3. The van der Waals surface area contributed by atoms with Crippen molar-refractivity contribution in [3.05, 3.63) is 122 Å². The van der Waals surface area contributed by atoms with Crippen LogP contribution in [-0.4, -0.2) is 37.2 Å². The van der Waals surface area contributed by atoms with Gasteiger partial charge in [-0.05, 0) is 70.6 Å². The fraction of sp³-hybridized carbons (Fsp3) is 0.589. The summed E-state index contributed by atoms with van der Waals surface area (Å²) in [6.45, 7) is 6.29.